The maximum atomic E-state index is 10.2. The van der Waals surface area contributed by atoms with Crippen molar-refractivity contribution in [1.82, 2.24) is 9.88 Å². The van der Waals surface area contributed by atoms with E-state index in [0.717, 1.165) is 24.1 Å². The summed E-state index contributed by atoms with van der Waals surface area (Å²) in [7, 11) is 0. The van der Waals surface area contributed by atoms with Crippen molar-refractivity contribution in [3.8, 4) is 11.3 Å². The van der Waals surface area contributed by atoms with Crippen LogP contribution in [0.3, 0.4) is 0 Å². The molecule has 0 unspecified atom stereocenters. The number of aliphatic hydroxyl groups excluding tert-OH is 1. The molecule has 0 spiro atoms. The van der Waals surface area contributed by atoms with Gasteiger partial charge in [-0.3, -0.25) is 5.41 Å². The van der Waals surface area contributed by atoms with E-state index in [2.05, 4.69) is 4.98 Å². The first-order valence-corrected chi connectivity index (χ1v) is 8.39. The van der Waals surface area contributed by atoms with Gasteiger partial charge in [-0.05, 0) is 18.9 Å². The first kappa shape index (κ1) is 13.8. The summed E-state index contributed by atoms with van der Waals surface area (Å²) in [5.74, 6) is 0.636. The molecule has 1 aliphatic carbocycles. The number of halogens is 1. The maximum Gasteiger partial charge on any atom is 0.135 e. The number of nitrogens with one attached hydrogen (secondary N) is 1. The van der Waals surface area contributed by atoms with E-state index in [0.29, 0.717) is 34.0 Å². The normalized spacial score (nSPS) is 18.4. The van der Waals surface area contributed by atoms with Crippen LogP contribution in [0.2, 0.25) is 5.02 Å². The van der Waals surface area contributed by atoms with Crippen molar-refractivity contribution < 1.29 is 5.11 Å². The van der Waals surface area contributed by atoms with Gasteiger partial charge < -0.3 is 10.0 Å². The van der Waals surface area contributed by atoms with Gasteiger partial charge >= 0.3 is 0 Å². The molecule has 0 bridgehead atoms. The number of rotatable bonds is 3. The third kappa shape index (κ3) is 2.21. The number of hydrogen-bond donors (Lipinski definition) is 2. The Morgan fingerprint density at radius 2 is 2.09 bits per heavy atom. The fourth-order valence-electron chi connectivity index (χ4n) is 2.70. The molecular weight excluding hydrogens is 318 g/mol. The van der Waals surface area contributed by atoms with Crippen molar-refractivity contribution in [2.24, 2.45) is 0 Å². The molecule has 4 rings (SSSR count). The first-order valence-electron chi connectivity index (χ1n) is 7.13. The second kappa shape index (κ2) is 5.11. The maximum absolute atomic E-state index is 10.2. The number of benzene rings is 1. The van der Waals surface area contributed by atoms with Crippen LogP contribution in [-0.4, -0.2) is 33.4 Å². The fraction of sp³-hybridized carbons (Fsp3) is 0.250. The minimum atomic E-state index is 0.247. The molecule has 1 saturated carbocycles. The summed E-state index contributed by atoms with van der Waals surface area (Å²) in [5.41, 5.74) is 2.22. The number of amidine groups is 1. The standard InChI is InChI=1S/C16H14ClN3OS/c17-11-4-2-1-3-10(11)12-8-22-16(19-12)14-13(21)7-20(15(14)18)9-5-6-9/h1-4,8-9,18,21H,5-7H2. The Labute approximate surface area is 137 Å². The molecule has 1 aliphatic heterocycles. The molecule has 112 valence electrons. The van der Waals surface area contributed by atoms with Crippen molar-refractivity contribution in [2.75, 3.05) is 6.54 Å². The third-order valence-electron chi connectivity index (χ3n) is 3.99. The largest absolute Gasteiger partial charge is 0.510 e. The molecule has 22 heavy (non-hydrogen) atoms. The number of hydrogen-bond acceptors (Lipinski definition) is 4. The van der Waals surface area contributed by atoms with Crippen LogP contribution in [0.5, 0.6) is 0 Å². The molecule has 0 amide bonds. The number of aliphatic hydroxyl groups is 1. The highest BCUT2D eigenvalue weighted by atomic mass is 35.5. The van der Waals surface area contributed by atoms with Crippen LogP contribution in [0.15, 0.2) is 35.4 Å². The first-order chi connectivity index (χ1) is 10.6. The Kier molecular flexibility index (Phi) is 3.20. The Balaban J connectivity index is 1.68. The Morgan fingerprint density at radius 3 is 2.82 bits per heavy atom. The van der Waals surface area contributed by atoms with Crippen LogP contribution in [-0.2, 0) is 0 Å². The lowest BCUT2D eigenvalue weighted by Crippen LogP contribution is -2.28. The third-order valence-corrected chi connectivity index (χ3v) is 5.18. The van der Waals surface area contributed by atoms with Crippen molar-refractivity contribution in [1.29, 1.82) is 5.41 Å². The summed E-state index contributed by atoms with van der Waals surface area (Å²) in [6.07, 6.45) is 2.21. The molecule has 0 radical (unpaired) electrons. The van der Waals surface area contributed by atoms with Gasteiger partial charge in [-0.25, -0.2) is 4.98 Å². The number of aromatic nitrogens is 1. The van der Waals surface area contributed by atoms with Gasteiger partial charge in [0, 0.05) is 22.0 Å². The van der Waals surface area contributed by atoms with Crippen LogP contribution in [0, 0.1) is 5.41 Å². The summed E-state index contributed by atoms with van der Waals surface area (Å²) in [6, 6.07) is 7.97. The van der Waals surface area contributed by atoms with Gasteiger partial charge in [0.1, 0.15) is 16.6 Å². The molecule has 0 saturated heterocycles. The van der Waals surface area contributed by atoms with E-state index >= 15 is 0 Å². The van der Waals surface area contributed by atoms with E-state index in [1.807, 2.05) is 34.5 Å². The second-order valence-electron chi connectivity index (χ2n) is 5.55. The van der Waals surface area contributed by atoms with Crippen LogP contribution >= 0.6 is 22.9 Å². The zero-order chi connectivity index (χ0) is 15.3. The molecule has 0 atom stereocenters. The molecule has 1 aromatic heterocycles. The predicted octanol–water partition coefficient (Wildman–Crippen LogP) is 4.19. The summed E-state index contributed by atoms with van der Waals surface area (Å²) < 4.78 is 0. The Morgan fingerprint density at radius 1 is 1.32 bits per heavy atom. The van der Waals surface area contributed by atoms with Gasteiger partial charge in [-0.2, -0.15) is 0 Å². The quantitative estimate of drug-likeness (QED) is 0.886. The highest BCUT2D eigenvalue weighted by Crippen LogP contribution is 2.38. The Bertz CT molecular complexity index is 794. The number of nitrogens with zero attached hydrogens (tertiary/aromatic N) is 2. The van der Waals surface area contributed by atoms with E-state index < -0.39 is 0 Å². The zero-order valence-corrected chi connectivity index (χ0v) is 13.3. The predicted molar refractivity (Wildman–Crippen MR) is 89.6 cm³/mol. The Hall–Kier alpha value is -1.85. The molecule has 1 fully saturated rings. The average molecular weight is 332 g/mol. The van der Waals surface area contributed by atoms with E-state index in [9.17, 15) is 5.11 Å². The summed E-state index contributed by atoms with van der Waals surface area (Å²) in [5, 5.41) is 21.8. The second-order valence-corrected chi connectivity index (χ2v) is 6.81. The molecule has 2 N–H and O–H groups in total. The minimum Gasteiger partial charge on any atom is -0.510 e. The van der Waals surface area contributed by atoms with E-state index in [1.54, 1.807) is 0 Å². The van der Waals surface area contributed by atoms with E-state index in [4.69, 9.17) is 17.0 Å². The van der Waals surface area contributed by atoms with Crippen LogP contribution in [0.25, 0.3) is 16.8 Å². The highest BCUT2D eigenvalue weighted by Gasteiger charge is 2.39. The van der Waals surface area contributed by atoms with Crippen LogP contribution in [0.1, 0.15) is 17.8 Å². The lowest BCUT2D eigenvalue weighted by Gasteiger charge is -2.16. The molecule has 1 aromatic carbocycles. The van der Waals surface area contributed by atoms with Crippen molar-refractivity contribution in [2.45, 2.75) is 18.9 Å². The zero-order valence-electron chi connectivity index (χ0n) is 11.7. The topological polar surface area (TPSA) is 60.2 Å². The summed E-state index contributed by atoms with van der Waals surface area (Å²) in [4.78, 5) is 6.55. The lowest BCUT2D eigenvalue weighted by molar-refractivity contribution is 0.345. The number of thiazole rings is 1. The fourth-order valence-corrected chi connectivity index (χ4v) is 3.82. The van der Waals surface area contributed by atoms with Crippen LogP contribution < -0.4 is 0 Å². The van der Waals surface area contributed by atoms with Crippen molar-refractivity contribution >= 4 is 34.3 Å². The SMILES string of the molecule is N=C1C(c2nc(-c3ccccc3Cl)cs2)=C(O)CN1C1CC1. The molecule has 6 heteroatoms. The average Bonchev–Trinajstić information content (AvgIpc) is 3.16. The van der Waals surface area contributed by atoms with Crippen LogP contribution in [0.4, 0.5) is 0 Å². The van der Waals surface area contributed by atoms with Gasteiger partial charge in [-0.1, -0.05) is 29.8 Å². The molecule has 2 aliphatic rings. The van der Waals surface area contributed by atoms with Gasteiger partial charge in [0.05, 0.1) is 17.8 Å². The summed E-state index contributed by atoms with van der Waals surface area (Å²) in [6.45, 7) is 0.430. The van der Waals surface area contributed by atoms with Crippen molar-refractivity contribution in [3.63, 3.8) is 0 Å². The lowest BCUT2D eigenvalue weighted by atomic mass is 10.2. The highest BCUT2D eigenvalue weighted by molar-refractivity contribution is 7.11. The molecule has 2 aromatic rings. The van der Waals surface area contributed by atoms with Gasteiger partial charge in [0.25, 0.3) is 0 Å². The molecule has 2 heterocycles. The molecular formula is C16H14ClN3OS. The van der Waals surface area contributed by atoms with E-state index in [-0.39, 0.29) is 5.76 Å². The van der Waals surface area contributed by atoms with Crippen molar-refractivity contribution in [3.05, 3.63) is 45.4 Å². The van der Waals surface area contributed by atoms with Gasteiger partial charge in [-0.15, -0.1) is 11.3 Å². The molecule has 4 nitrogen and oxygen atoms in total. The minimum absolute atomic E-state index is 0.247. The smallest absolute Gasteiger partial charge is 0.135 e. The summed E-state index contributed by atoms with van der Waals surface area (Å²) >= 11 is 7.65. The monoisotopic (exact) mass is 331 g/mol. The van der Waals surface area contributed by atoms with Gasteiger partial charge in [0.15, 0.2) is 0 Å². The van der Waals surface area contributed by atoms with E-state index in [1.165, 1.54) is 11.3 Å². The van der Waals surface area contributed by atoms with Gasteiger partial charge in [0.2, 0.25) is 0 Å².